The zero-order valence-corrected chi connectivity index (χ0v) is 18.3. The molecule has 1 saturated heterocycles. The van der Waals surface area contributed by atoms with Gasteiger partial charge in [-0.1, -0.05) is 17.7 Å². The van der Waals surface area contributed by atoms with Crippen molar-refractivity contribution in [2.45, 2.75) is 24.9 Å². The summed E-state index contributed by atoms with van der Waals surface area (Å²) >= 11 is 6.35. The molecule has 5 nitrogen and oxygen atoms in total. The summed E-state index contributed by atoms with van der Waals surface area (Å²) in [5.41, 5.74) is 2.69. The smallest absolute Gasteiger partial charge is 0.380 e. The Morgan fingerprint density at radius 1 is 1.21 bits per heavy atom. The van der Waals surface area contributed by atoms with E-state index in [1.165, 1.54) is 6.07 Å². The van der Waals surface area contributed by atoms with Crippen LogP contribution in [0.25, 0.3) is 11.1 Å². The van der Waals surface area contributed by atoms with E-state index in [1.54, 1.807) is 18.2 Å². The monoisotopic (exact) mass is 473 g/mol. The molecule has 2 atom stereocenters. The number of nitrogens with zero attached hydrogens (tertiary/aromatic N) is 2. The summed E-state index contributed by atoms with van der Waals surface area (Å²) in [6.07, 6.45) is -2.63. The highest BCUT2D eigenvalue weighted by atomic mass is 35.5. The minimum Gasteiger partial charge on any atom is -0.380 e. The van der Waals surface area contributed by atoms with Gasteiger partial charge in [0.15, 0.2) is 0 Å². The molecule has 9 heteroatoms. The molecule has 170 valence electrons. The van der Waals surface area contributed by atoms with Crippen LogP contribution in [-0.4, -0.2) is 29.1 Å². The number of amides is 1. The van der Waals surface area contributed by atoms with Crippen molar-refractivity contribution in [2.75, 3.05) is 18.5 Å². The van der Waals surface area contributed by atoms with Crippen LogP contribution in [0.1, 0.15) is 33.7 Å². The number of hydrogen-bond donors (Lipinski definition) is 1. The molecule has 0 radical (unpaired) electrons. The molecule has 1 saturated carbocycles. The molecule has 2 fully saturated rings. The molecule has 3 aromatic rings. The Morgan fingerprint density at radius 3 is 2.73 bits per heavy atom. The Labute approximate surface area is 193 Å². The van der Waals surface area contributed by atoms with Gasteiger partial charge in [0.25, 0.3) is 5.91 Å². The van der Waals surface area contributed by atoms with Crippen molar-refractivity contribution in [3.8, 4) is 11.1 Å². The number of rotatable bonds is 4. The fourth-order valence-electron chi connectivity index (χ4n) is 4.40. The fraction of sp³-hybridized carbons (Fsp3) is 0.292. The first-order valence-corrected chi connectivity index (χ1v) is 10.7. The van der Waals surface area contributed by atoms with Crippen LogP contribution >= 0.6 is 11.6 Å². The van der Waals surface area contributed by atoms with Crippen LogP contribution in [0, 0.1) is 12.8 Å². The van der Waals surface area contributed by atoms with Gasteiger partial charge in [-0.3, -0.25) is 9.78 Å². The van der Waals surface area contributed by atoms with Gasteiger partial charge in [-0.05, 0) is 72.4 Å². The molecule has 2 aliphatic rings. The van der Waals surface area contributed by atoms with Gasteiger partial charge in [-0.25, -0.2) is 4.98 Å². The van der Waals surface area contributed by atoms with Crippen LogP contribution in [0.2, 0.25) is 5.15 Å². The fourth-order valence-corrected chi connectivity index (χ4v) is 4.60. The third kappa shape index (κ3) is 4.09. The summed E-state index contributed by atoms with van der Waals surface area (Å²) in [6, 6.07) is 11.1. The van der Waals surface area contributed by atoms with Crippen molar-refractivity contribution in [2.24, 2.45) is 5.92 Å². The van der Waals surface area contributed by atoms with Crippen molar-refractivity contribution in [1.82, 2.24) is 9.97 Å². The Kier molecular flexibility index (Phi) is 5.17. The Hall–Kier alpha value is -2.97. The molecule has 2 aromatic heterocycles. The Morgan fingerprint density at radius 2 is 2.03 bits per heavy atom. The maximum atomic E-state index is 12.9. The van der Waals surface area contributed by atoms with E-state index in [-0.39, 0.29) is 11.0 Å². The number of halogens is 4. The number of hydrogen-bond acceptors (Lipinski definition) is 4. The molecular formula is C24H19ClF3N3O2. The predicted molar refractivity (Wildman–Crippen MR) is 117 cm³/mol. The molecule has 1 aliphatic heterocycles. The zero-order valence-electron chi connectivity index (χ0n) is 17.5. The molecule has 1 aliphatic carbocycles. The van der Waals surface area contributed by atoms with Gasteiger partial charge in [0.1, 0.15) is 10.8 Å². The second-order valence-corrected chi connectivity index (χ2v) is 8.93. The number of carbonyl (C=O) groups excluding carboxylic acids is 1. The van der Waals surface area contributed by atoms with Crippen LogP contribution in [0.3, 0.4) is 0 Å². The first-order valence-electron chi connectivity index (χ1n) is 10.4. The number of benzene rings is 1. The molecule has 0 spiro atoms. The van der Waals surface area contributed by atoms with E-state index >= 15 is 0 Å². The second-order valence-electron chi connectivity index (χ2n) is 8.55. The lowest BCUT2D eigenvalue weighted by Crippen LogP contribution is -2.15. The molecule has 1 aromatic carbocycles. The first kappa shape index (κ1) is 21.9. The van der Waals surface area contributed by atoms with Crippen molar-refractivity contribution in [1.29, 1.82) is 0 Å². The molecule has 2 unspecified atom stereocenters. The third-order valence-corrected chi connectivity index (χ3v) is 6.53. The number of anilines is 1. The van der Waals surface area contributed by atoms with Crippen LogP contribution in [0.15, 0.2) is 48.7 Å². The van der Waals surface area contributed by atoms with Crippen LogP contribution in [0.5, 0.6) is 0 Å². The number of fused-ring (bicyclic) bond motifs is 1. The van der Waals surface area contributed by atoms with E-state index in [0.29, 0.717) is 23.4 Å². The molecule has 3 heterocycles. The number of aryl methyl sites for hydroxylation is 1. The lowest BCUT2D eigenvalue weighted by molar-refractivity contribution is -0.141. The highest BCUT2D eigenvalue weighted by Gasteiger charge is 2.60. The van der Waals surface area contributed by atoms with E-state index < -0.39 is 17.8 Å². The highest BCUT2D eigenvalue weighted by Crippen LogP contribution is 2.58. The van der Waals surface area contributed by atoms with Crippen molar-refractivity contribution in [3.63, 3.8) is 0 Å². The molecule has 0 bridgehead atoms. The minimum atomic E-state index is -4.63. The largest absolute Gasteiger partial charge is 0.433 e. The molecule has 1 N–H and O–H groups in total. The topological polar surface area (TPSA) is 64.1 Å². The summed E-state index contributed by atoms with van der Waals surface area (Å²) < 4.78 is 44.4. The average molecular weight is 474 g/mol. The lowest BCUT2D eigenvalue weighted by Gasteiger charge is -2.15. The number of carbonyl (C=O) groups is 1. The van der Waals surface area contributed by atoms with Gasteiger partial charge in [0, 0.05) is 22.9 Å². The number of pyridine rings is 2. The van der Waals surface area contributed by atoms with Crippen LogP contribution in [0.4, 0.5) is 18.9 Å². The number of ether oxygens (including phenoxy) is 1. The lowest BCUT2D eigenvalue weighted by atomic mass is 9.95. The van der Waals surface area contributed by atoms with Crippen LogP contribution < -0.4 is 5.32 Å². The number of alkyl halides is 3. The van der Waals surface area contributed by atoms with Gasteiger partial charge in [-0.15, -0.1) is 0 Å². The van der Waals surface area contributed by atoms with Crippen LogP contribution in [-0.2, 0) is 16.3 Å². The van der Waals surface area contributed by atoms with Gasteiger partial charge in [0.2, 0.25) is 0 Å². The predicted octanol–water partition coefficient (Wildman–Crippen LogP) is 5.66. The summed E-state index contributed by atoms with van der Waals surface area (Å²) in [5.74, 6) is -0.195. The quantitative estimate of drug-likeness (QED) is 0.496. The molecule has 1 amide bonds. The number of aromatic nitrogens is 2. The van der Waals surface area contributed by atoms with Crippen molar-refractivity contribution in [3.05, 3.63) is 76.3 Å². The maximum absolute atomic E-state index is 12.9. The second kappa shape index (κ2) is 7.81. The third-order valence-electron chi connectivity index (χ3n) is 6.33. The summed E-state index contributed by atoms with van der Waals surface area (Å²) in [4.78, 5) is 20.4. The minimum absolute atomic E-state index is 0.0725. The summed E-state index contributed by atoms with van der Waals surface area (Å²) in [7, 11) is 0. The first-order chi connectivity index (χ1) is 15.7. The summed E-state index contributed by atoms with van der Waals surface area (Å²) in [5, 5.41) is 3.05. The van der Waals surface area contributed by atoms with Gasteiger partial charge < -0.3 is 10.1 Å². The van der Waals surface area contributed by atoms with E-state index in [1.807, 2.05) is 19.1 Å². The SMILES string of the molecule is Cc1ccc(NC(=O)c2ccnc(C(F)(F)F)c2)cc1-c1cc(Cl)nc(C23COCC2C3)c1. The normalized spacial score (nSPS) is 21.5. The maximum Gasteiger partial charge on any atom is 0.433 e. The van der Waals surface area contributed by atoms with Gasteiger partial charge in [0.05, 0.1) is 18.9 Å². The Bertz CT molecular complexity index is 1260. The van der Waals surface area contributed by atoms with Gasteiger partial charge >= 0.3 is 6.18 Å². The van der Waals surface area contributed by atoms with Gasteiger partial charge in [-0.2, -0.15) is 13.2 Å². The molecule has 33 heavy (non-hydrogen) atoms. The van der Waals surface area contributed by atoms with E-state index in [2.05, 4.69) is 15.3 Å². The standard InChI is InChI=1S/C24H19ClF3N3O2/c1-13-2-3-17(30-22(32)14-4-5-29-20(6-14)24(26,27)28)9-18(13)15-7-19(31-21(25)8-15)23-10-16(23)11-33-12-23/h2-9,16H,10-12H2,1H3,(H,30,32). The highest BCUT2D eigenvalue weighted by molar-refractivity contribution is 6.29. The molecular weight excluding hydrogens is 455 g/mol. The zero-order chi connectivity index (χ0) is 23.4. The van der Waals surface area contributed by atoms with Crippen molar-refractivity contribution < 1.29 is 22.7 Å². The average Bonchev–Trinajstić information content (AvgIpc) is 3.34. The van der Waals surface area contributed by atoms with E-state index in [4.69, 9.17) is 16.3 Å². The number of nitrogens with one attached hydrogen (secondary N) is 1. The summed E-state index contributed by atoms with van der Waals surface area (Å²) in [6.45, 7) is 3.30. The van der Waals surface area contributed by atoms with Crippen molar-refractivity contribution >= 4 is 23.2 Å². The Balaban J connectivity index is 1.44. The van der Waals surface area contributed by atoms with E-state index in [9.17, 15) is 18.0 Å². The molecule has 5 rings (SSSR count). The van der Waals surface area contributed by atoms with E-state index in [0.717, 1.165) is 47.7 Å².